The van der Waals surface area contributed by atoms with Gasteiger partial charge in [-0.3, -0.25) is 0 Å². The van der Waals surface area contributed by atoms with E-state index < -0.39 is 0 Å². The zero-order valence-corrected chi connectivity index (χ0v) is 12.9. The average molecular weight is 304 g/mol. The van der Waals surface area contributed by atoms with Gasteiger partial charge in [-0.25, -0.2) is 4.98 Å². The second-order valence-electron chi connectivity index (χ2n) is 4.73. The van der Waals surface area contributed by atoms with Crippen LogP contribution in [-0.4, -0.2) is 4.98 Å². The zero-order chi connectivity index (χ0) is 13.4. The van der Waals surface area contributed by atoms with E-state index in [1.165, 1.54) is 16.5 Å². The molecule has 1 nitrogen and oxygen atoms in total. The van der Waals surface area contributed by atoms with Gasteiger partial charge in [0, 0.05) is 16.0 Å². The number of rotatable bonds is 1. The van der Waals surface area contributed by atoms with Gasteiger partial charge in [-0.2, -0.15) is 0 Å². The van der Waals surface area contributed by atoms with Crippen molar-refractivity contribution >= 4 is 34.9 Å². The summed E-state index contributed by atoms with van der Waals surface area (Å²) in [7, 11) is 0. The number of para-hydroxylation sites is 1. The van der Waals surface area contributed by atoms with Crippen LogP contribution in [0.1, 0.15) is 11.1 Å². The van der Waals surface area contributed by atoms with Crippen LogP contribution in [0, 0.1) is 13.8 Å². The summed E-state index contributed by atoms with van der Waals surface area (Å²) in [6, 6.07) is 16.1. The van der Waals surface area contributed by atoms with Crippen LogP contribution in [-0.2, 0) is 0 Å². The quantitative estimate of drug-likeness (QED) is 0.570. The third-order valence-electron chi connectivity index (χ3n) is 3.58. The van der Waals surface area contributed by atoms with Gasteiger partial charge in [0.15, 0.2) is 0 Å². The van der Waals surface area contributed by atoms with Gasteiger partial charge in [-0.05, 0) is 43.2 Å². The van der Waals surface area contributed by atoms with Gasteiger partial charge in [0.05, 0.1) is 11.2 Å². The topological polar surface area (TPSA) is 12.9 Å². The third-order valence-corrected chi connectivity index (χ3v) is 3.83. The minimum absolute atomic E-state index is 0. The van der Waals surface area contributed by atoms with Crippen molar-refractivity contribution < 1.29 is 0 Å². The molecule has 0 unspecified atom stereocenters. The van der Waals surface area contributed by atoms with E-state index in [4.69, 9.17) is 16.6 Å². The molecule has 0 spiro atoms. The summed E-state index contributed by atoms with van der Waals surface area (Å²) in [6.45, 7) is 4.28. The van der Waals surface area contributed by atoms with Gasteiger partial charge in [0.25, 0.3) is 0 Å². The van der Waals surface area contributed by atoms with Crippen molar-refractivity contribution in [1.82, 2.24) is 4.98 Å². The second kappa shape index (κ2) is 5.82. The highest BCUT2D eigenvalue weighted by Gasteiger charge is 2.09. The van der Waals surface area contributed by atoms with E-state index in [0.717, 1.165) is 21.8 Å². The van der Waals surface area contributed by atoms with Gasteiger partial charge in [0.2, 0.25) is 0 Å². The Labute approximate surface area is 130 Å². The largest absolute Gasteiger partial charge is 0.247 e. The Morgan fingerprint density at radius 2 is 1.50 bits per heavy atom. The van der Waals surface area contributed by atoms with Crippen LogP contribution >= 0.6 is 24.0 Å². The maximum Gasteiger partial charge on any atom is 0.0741 e. The van der Waals surface area contributed by atoms with Crippen LogP contribution in [0.2, 0.25) is 5.02 Å². The van der Waals surface area contributed by atoms with Crippen molar-refractivity contribution in [2.24, 2.45) is 0 Å². The number of fused-ring (bicyclic) bond motifs is 1. The van der Waals surface area contributed by atoms with Crippen LogP contribution < -0.4 is 0 Å². The van der Waals surface area contributed by atoms with E-state index in [1.54, 1.807) is 0 Å². The Balaban J connectivity index is 0.00000147. The molecule has 3 rings (SSSR count). The predicted octanol–water partition coefficient (Wildman–Crippen LogP) is 5.59. The molecule has 1 aromatic heterocycles. The maximum absolute atomic E-state index is 5.94. The highest BCUT2D eigenvalue weighted by molar-refractivity contribution is 6.30. The number of hydrogen-bond acceptors (Lipinski definition) is 1. The molecule has 3 heteroatoms. The fourth-order valence-electron chi connectivity index (χ4n) is 2.36. The Morgan fingerprint density at radius 1 is 0.850 bits per heavy atom. The number of aromatic nitrogens is 1. The molecule has 0 saturated heterocycles. The molecule has 102 valence electrons. The molecule has 0 aliphatic heterocycles. The van der Waals surface area contributed by atoms with Crippen molar-refractivity contribution in [2.75, 3.05) is 0 Å². The molecular formula is C17H15Cl2N. The fraction of sp³-hybridized carbons (Fsp3) is 0.118. The van der Waals surface area contributed by atoms with Gasteiger partial charge in [-0.1, -0.05) is 41.9 Å². The molecule has 0 amide bonds. The van der Waals surface area contributed by atoms with E-state index in [1.807, 2.05) is 30.3 Å². The molecule has 1 heterocycles. The van der Waals surface area contributed by atoms with E-state index in [0.29, 0.717) is 0 Å². The second-order valence-corrected chi connectivity index (χ2v) is 5.17. The standard InChI is InChI=1S/C17H14ClN.ClH/c1-11-12(2)17(13-7-9-14(18)10-8-13)19-16-6-4-3-5-15(11)16;/h3-10H,1-2H3;1H. The van der Waals surface area contributed by atoms with Crippen LogP contribution in [0.3, 0.4) is 0 Å². The summed E-state index contributed by atoms with van der Waals surface area (Å²) in [6.07, 6.45) is 0. The first-order valence-electron chi connectivity index (χ1n) is 6.28. The molecule has 0 aliphatic carbocycles. The molecule has 0 bridgehead atoms. The maximum atomic E-state index is 5.94. The minimum Gasteiger partial charge on any atom is -0.247 e. The summed E-state index contributed by atoms with van der Waals surface area (Å²) < 4.78 is 0. The number of halogens is 2. The molecule has 0 N–H and O–H groups in total. The Hall–Kier alpha value is -1.57. The van der Waals surface area contributed by atoms with Crippen molar-refractivity contribution in [2.45, 2.75) is 13.8 Å². The lowest BCUT2D eigenvalue weighted by Gasteiger charge is -2.11. The number of nitrogens with zero attached hydrogens (tertiary/aromatic N) is 1. The van der Waals surface area contributed by atoms with Crippen molar-refractivity contribution in [1.29, 1.82) is 0 Å². The van der Waals surface area contributed by atoms with Gasteiger partial charge in [-0.15, -0.1) is 12.4 Å². The summed E-state index contributed by atoms with van der Waals surface area (Å²) in [4.78, 5) is 4.79. The van der Waals surface area contributed by atoms with Crippen LogP contribution in [0.15, 0.2) is 48.5 Å². The Bertz CT molecular complexity index is 749. The molecule has 2 aromatic carbocycles. The first-order chi connectivity index (χ1) is 9.16. The first-order valence-corrected chi connectivity index (χ1v) is 6.66. The molecule has 0 aliphatic rings. The highest BCUT2D eigenvalue weighted by atomic mass is 35.5. The van der Waals surface area contributed by atoms with Gasteiger partial charge in [0.1, 0.15) is 0 Å². The average Bonchev–Trinajstić information content (AvgIpc) is 2.44. The Kier molecular flexibility index (Phi) is 4.32. The summed E-state index contributed by atoms with van der Waals surface area (Å²) in [5.74, 6) is 0. The van der Waals surface area contributed by atoms with Crippen molar-refractivity contribution in [3.05, 3.63) is 64.7 Å². The lowest BCUT2D eigenvalue weighted by Crippen LogP contribution is -1.94. The van der Waals surface area contributed by atoms with E-state index >= 15 is 0 Å². The van der Waals surface area contributed by atoms with E-state index in [2.05, 4.69) is 32.0 Å². The van der Waals surface area contributed by atoms with Gasteiger partial charge >= 0.3 is 0 Å². The molecule has 0 saturated carbocycles. The normalized spacial score (nSPS) is 10.3. The monoisotopic (exact) mass is 303 g/mol. The van der Waals surface area contributed by atoms with Crippen LogP contribution in [0.25, 0.3) is 22.2 Å². The first kappa shape index (κ1) is 14.8. The molecule has 0 fully saturated rings. The summed E-state index contributed by atoms with van der Waals surface area (Å²) >= 11 is 5.94. The van der Waals surface area contributed by atoms with E-state index in [9.17, 15) is 0 Å². The van der Waals surface area contributed by atoms with Crippen LogP contribution in [0.5, 0.6) is 0 Å². The summed E-state index contributed by atoms with van der Waals surface area (Å²) in [5, 5.41) is 1.97. The number of aryl methyl sites for hydroxylation is 1. The number of hydrogen-bond donors (Lipinski definition) is 0. The third kappa shape index (κ3) is 2.52. The van der Waals surface area contributed by atoms with Gasteiger partial charge < -0.3 is 0 Å². The SMILES string of the molecule is Cc1c(-c2ccc(Cl)cc2)nc2ccccc2c1C.Cl. The number of benzene rings is 2. The highest BCUT2D eigenvalue weighted by Crippen LogP contribution is 2.29. The van der Waals surface area contributed by atoms with Crippen molar-refractivity contribution in [3.63, 3.8) is 0 Å². The fourth-order valence-corrected chi connectivity index (χ4v) is 2.49. The lowest BCUT2D eigenvalue weighted by atomic mass is 9.99. The molecular weight excluding hydrogens is 289 g/mol. The molecule has 3 aromatic rings. The smallest absolute Gasteiger partial charge is 0.0741 e. The molecule has 20 heavy (non-hydrogen) atoms. The minimum atomic E-state index is 0. The number of pyridine rings is 1. The summed E-state index contributed by atoms with van der Waals surface area (Å²) in [5.41, 5.74) is 5.69. The van der Waals surface area contributed by atoms with E-state index in [-0.39, 0.29) is 12.4 Å². The molecule has 0 atom stereocenters. The molecule has 0 radical (unpaired) electrons. The zero-order valence-electron chi connectivity index (χ0n) is 11.4. The lowest BCUT2D eigenvalue weighted by molar-refractivity contribution is 1.28. The van der Waals surface area contributed by atoms with Crippen LogP contribution in [0.4, 0.5) is 0 Å². The predicted molar refractivity (Wildman–Crippen MR) is 88.9 cm³/mol. The van der Waals surface area contributed by atoms with Crippen molar-refractivity contribution in [3.8, 4) is 11.3 Å². The Morgan fingerprint density at radius 3 is 2.20 bits per heavy atom.